The number of nitrogens with zero attached hydrogens (tertiary/aromatic N) is 1. The maximum atomic E-state index is 13.3. The predicted molar refractivity (Wildman–Crippen MR) is 121 cm³/mol. The molecule has 0 saturated heterocycles. The van der Waals surface area contributed by atoms with Crippen LogP contribution >= 0.6 is 0 Å². The van der Waals surface area contributed by atoms with Gasteiger partial charge < -0.3 is 20.9 Å². The van der Waals surface area contributed by atoms with Crippen molar-refractivity contribution in [1.29, 1.82) is 0 Å². The molecular weight excluding hydrogens is 506 g/mol. The zero-order valence-electron chi connectivity index (χ0n) is 19.3. The van der Waals surface area contributed by atoms with Crippen LogP contribution in [0.1, 0.15) is 33.5 Å². The van der Waals surface area contributed by atoms with Gasteiger partial charge in [-0.25, -0.2) is 0 Å². The second-order valence-corrected chi connectivity index (χ2v) is 8.38. The molecule has 1 atom stereocenters. The van der Waals surface area contributed by atoms with Crippen LogP contribution in [0.3, 0.4) is 0 Å². The number of alkyl halides is 6. The molecule has 198 valence electrons. The molecule has 0 aliphatic carbocycles. The van der Waals surface area contributed by atoms with Gasteiger partial charge in [-0.1, -0.05) is 18.2 Å². The van der Waals surface area contributed by atoms with Crippen LogP contribution in [-0.4, -0.2) is 47.2 Å². The van der Waals surface area contributed by atoms with Gasteiger partial charge in [0.1, 0.15) is 0 Å². The average molecular weight is 528 g/mol. The summed E-state index contributed by atoms with van der Waals surface area (Å²) in [7, 11) is 1.18. The third-order valence-electron chi connectivity index (χ3n) is 5.71. The molecule has 3 aromatic rings. The summed E-state index contributed by atoms with van der Waals surface area (Å²) in [6.45, 7) is -0.487. The van der Waals surface area contributed by atoms with Crippen molar-refractivity contribution in [2.45, 2.75) is 31.2 Å². The van der Waals surface area contributed by atoms with Crippen molar-refractivity contribution in [3.8, 4) is 0 Å². The molecule has 1 heterocycles. The largest absolute Gasteiger partial charge is 0.416 e. The van der Waals surface area contributed by atoms with Crippen LogP contribution in [-0.2, 0) is 28.4 Å². The molecule has 4 N–H and O–H groups in total. The summed E-state index contributed by atoms with van der Waals surface area (Å²) >= 11 is 0. The molecule has 37 heavy (non-hydrogen) atoms. The number of aromatic nitrogens is 1. The van der Waals surface area contributed by atoms with E-state index in [2.05, 4.69) is 10.3 Å². The molecule has 3 amide bonds. The topological polar surface area (TPSA) is 108 Å². The summed E-state index contributed by atoms with van der Waals surface area (Å²) in [4.78, 5) is 40.5. The number of likely N-dealkylation sites (N-methyl/N-ethyl adjacent to an activating group) is 1. The second kappa shape index (κ2) is 10.5. The number of hydrogen-bond donors (Lipinski definition) is 3. The SMILES string of the molecule is CN(C(=O)c1cc(C(F)(F)F)cc(C(F)(F)F)c1)C(CC(=O)NCC(N)=O)Cc1c[nH]c2ccccc12. The lowest BCUT2D eigenvalue weighted by Crippen LogP contribution is -2.43. The molecule has 0 bridgehead atoms. The van der Waals surface area contributed by atoms with Crippen LogP contribution in [0.5, 0.6) is 0 Å². The maximum absolute atomic E-state index is 13.3. The van der Waals surface area contributed by atoms with Gasteiger partial charge in [-0.05, 0) is 36.2 Å². The second-order valence-electron chi connectivity index (χ2n) is 8.38. The van der Waals surface area contributed by atoms with E-state index in [0.717, 1.165) is 15.8 Å². The minimum Gasteiger partial charge on any atom is -0.368 e. The number of nitrogens with two attached hydrogens (primary N) is 1. The Balaban J connectivity index is 1.98. The van der Waals surface area contributed by atoms with E-state index < -0.39 is 65.8 Å². The Labute approximate surface area is 206 Å². The molecule has 0 aliphatic rings. The Morgan fingerprint density at radius 3 is 2.16 bits per heavy atom. The summed E-state index contributed by atoms with van der Waals surface area (Å²) in [6.07, 6.45) is -9.01. The fourth-order valence-corrected chi connectivity index (χ4v) is 3.82. The molecule has 1 aromatic heterocycles. The lowest BCUT2D eigenvalue weighted by atomic mass is 9.99. The van der Waals surface area contributed by atoms with Gasteiger partial charge in [0.15, 0.2) is 0 Å². The van der Waals surface area contributed by atoms with Crippen molar-refractivity contribution in [1.82, 2.24) is 15.2 Å². The minimum absolute atomic E-state index is 0.0291. The summed E-state index contributed by atoms with van der Waals surface area (Å²) < 4.78 is 79.8. The number of hydrogen-bond acceptors (Lipinski definition) is 3. The Kier molecular flexibility index (Phi) is 7.84. The number of rotatable bonds is 8. The zero-order valence-corrected chi connectivity index (χ0v) is 19.3. The molecule has 1 unspecified atom stereocenters. The molecule has 0 saturated carbocycles. The van der Waals surface area contributed by atoms with Crippen molar-refractivity contribution in [2.24, 2.45) is 5.73 Å². The first-order valence-electron chi connectivity index (χ1n) is 10.8. The third kappa shape index (κ3) is 6.80. The Bertz CT molecular complexity index is 1280. The molecule has 0 fully saturated rings. The number of aromatic amines is 1. The van der Waals surface area contributed by atoms with Gasteiger partial charge in [-0.15, -0.1) is 0 Å². The van der Waals surface area contributed by atoms with Crippen LogP contribution in [0.2, 0.25) is 0 Å². The van der Waals surface area contributed by atoms with Crippen molar-refractivity contribution in [3.05, 3.63) is 70.9 Å². The lowest BCUT2D eigenvalue weighted by molar-refractivity contribution is -0.143. The number of para-hydroxylation sites is 1. The highest BCUT2D eigenvalue weighted by atomic mass is 19.4. The van der Waals surface area contributed by atoms with Crippen LogP contribution in [0, 0.1) is 0 Å². The van der Waals surface area contributed by atoms with Crippen molar-refractivity contribution >= 4 is 28.6 Å². The van der Waals surface area contributed by atoms with Gasteiger partial charge >= 0.3 is 12.4 Å². The molecule has 2 aromatic carbocycles. The van der Waals surface area contributed by atoms with E-state index >= 15 is 0 Å². The average Bonchev–Trinajstić information content (AvgIpc) is 3.22. The lowest BCUT2D eigenvalue weighted by Gasteiger charge is -2.28. The number of H-pyrrole nitrogens is 1. The van der Waals surface area contributed by atoms with Gasteiger partial charge in [-0.2, -0.15) is 26.3 Å². The van der Waals surface area contributed by atoms with Crippen molar-refractivity contribution in [2.75, 3.05) is 13.6 Å². The molecular formula is C24H22F6N4O3. The summed E-state index contributed by atoms with van der Waals surface area (Å²) in [5, 5.41) is 3.02. The van der Waals surface area contributed by atoms with Crippen LogP contribution < -0.4 is 11.1 Å². The van der Waals surface area contributed by atoms with E-state index in [1.165, 1.54) is 7.05 Å². The fraction of sp³-hybridized carbons (Fsp3) is 0.292. The molecule has 0 radical (unpaired) electrons. The standard InChI is InChI=1S/C24H22F6N4O3/c1-34(22(37)13-6-15(23(25,26)27)9-16(7-13)24(28,29)30)17(10-21(36)33-12-20(31)35)8-14-11-32-19-5-3-2-4-18(14)19/h2-7,9,11,17,32H,8,10,12H2,1H3,(H2,31,35)(H,33,36). The first kappa shape index (κ1) is 27.6. The number of halogens is 6. The number of nitrogens with one attached hydrogen (secondary N) is 2. The van der Waals surface area contributed by atoms with E-state index in [1.807, 2.05) is 0 Å². The maximum Gasteiger partial charge on any atom is 0.416 e. The van der Waals surface area contributed by atoms with Gasteiger partial charge in [0.05, 0.1) is 17.7 Å². The third-order valence-corrected chi connectivity index (χ3v) is 5.71. The van der Waals surface area contributed by atoms with Gasteiger partial charge in [0.2, 0.25) is 11.8 Å². The van der Waals surface area contributed by atoms with Gasteiger partial charge in [0.25, 0.3) is 5.91 Å². The molecule has 13 heteroatoms. The normalized spacial score (nSPS) is 12.8. The Hall–Kier alpha value is -4.03. The van der Waals surface area contributed by atoms with Crippen molar-refractivity contribution < 1.29 is 40.7 Å². The zero-order chi connectivity index (χ0) is 27.5. The highest BCUT2D eigenvalue weighted by Gasteiger charge is 2.38. The molecule has 3 rings (SSSR count). The smallest absolute Gasteiger partial charge is 0.368 e. The van der Waals surface area contributed by atoms with E-state index in [-0.39, 0.29) is 12.5 Å². The number of amides is 3. The quantitative estimate of drug-likeness (QED) is 0.386. The minimum atomic E-state index is -5.13. The number of fused-ring (bicyclic) bond motifs is 1. The number of carbonyl (C=O) groups excluding carboxylic acids is 3. The molecule has 7 nitrogen and oxygen atoms in total. The Morgan fingerprint density at radius 1 is 1.00 bits per heavy atom. The molecule has 0 aliphatic heterocycles. The van der Waals surface area contributed by atoms with Crippen molar-refractivity contribution in [3.63, 3.8) is 0 Å². The number of carbonyl (C=O) groups is 3. The number of primary amides is 1. The van der Waals surface area contributed by atoms with E-state index in [1.54, 1.807) is 30.5 Å². The summed E-state index contributed by atoms with van der Waals surface area (Å²) in [6, 6.07) is 6.69. The van der Waals surface area contributed by atoms with Gasteiger partial charge in [0, 0.05) is 42.2 Å². The first-order chi connectivity index (χ1) is 17.2. The molecule has 0 spiro atoms. The highest BCUT2D eigenvalue weighted by molar-refractivity contribution is 5.95. The van der Waals surface area contributed by atoms with Crippen LogP contribution in [0.15, 0.2) is 48.7 Å². The van der Waals surface area contributed by atoms with Crippen LogP contribution in [0.25, 0.3) is 10.9 Å². The van der Waals surface area contributed by atoms with E-state index in [9.17, 15) is 40.7 Å². The van der Waals surface area contributed by atoms with Crippen LogP contribution in [0.4, 0.5) is 26.3 Å². The summed E-state index contributed by atoms with van der Waals surface area (Å²) in [5.41, 5.74) is 2.31. The predicted octanol–water partition coefficient (Wildman–Crippen LogP) is 3.88. The summed E-state index contributed by atoms with van der Waals surface area (Å²) in [5.74, 6) is -2.66. The number of benzene rings is 2. The highest BCUT2D eigenvalue weighted by Crippen LogP contribution is 2.36. The Morgan fingerprint density at radius 2 is 1.59 bits per heavy atom. The van der Waals surface area contributed by atoms with E-state index in [0.29, 0.717) is 17.7 Å². The monoisotopic (exact) mass is 528 g/mol. The van der Waals surface area contributed by atoms with Gasteiger partial charge in [-0.3, -0.25) is 14.4 Å². The van der Waals surface area contributed by atoms with E-state index in [4.69, 9.17) is 5.73 Å². The fourth-order valence-electron chi connectivity index (χ4n) is 3.82. The first-order valence-corrected chi connectivity index (χ1v) is 10.8.